The van der Waals surface area contributed by atoms with Crippen LogP contribution in [0.4, 0.5) is 0 Å². The van der Waals surface area contributed by atoms with Gasteiger partial charge in [0.15, 0.2) is 0 Å². The van der Waals surface area contributed by atoms with E-state index in [2.05, 4.69) is 58.9 Å². The van der Waals surface area contributed by atoms with Gasteiger partial charge in [0.1, 0.15) is 0 Å². The van der Waals surface area contributed by atoms with Gasteiger partial charge in [0.25, 0.3) is 0 Å². The van der Waals surface area contributed by atoms with Gasteiger partial charge in [-0.1, -0.05) is 58.9 Å². The van der Waals surface area contributed by atoms with Crippen molar-refractivity contribution >= 4 is 0 Å². The van der Waals surface area contributed by atoms with Gasteiger partial charge in [0.2, 0.25) is 0 Å². The number of hydrogen-bond donors (Lipinski definition) is 0. The standard InChI is InChI=1S/C14H22/c1-6-11(2)12-9-7-8-10-13(12)14(3,4)5/h7-11H,6H2,1-5H3/t11-/m0/s1. The summed E-state index contributed by atoms with van der Waals surface area (Å²) < 4.78 is 0. The summed E-state index contributed by atoms with van der Waals surface area (Å²) in [6.45, 7) is 11.4. The second-order valence-electron chi connectivity index (χ2n) is 5.15. The summed E-state index contributed by atoms with van der Waals surface area (Å²) in [6, 6.07) is 8.83. The van der Waals surface area contributed by atoms with Gasteiger partial charge < -0.3 is 0 Å². The molecular weight excluding hydrogens is 168 g/mol. The minimum Gasteiger partial charge on any atom is -0.0648 e. The Morgan fingerprint density at radius 2 is 1.71 bits per heavy atom. The van der Waals surface area contributed by atoms with Gasteiger partial charge in [-0.15, -0.1) is 0 Å². The molecule has 0 amide bonds. The Hall–Kier alpha value is -0.780. The zero-order valence-electron chi connectivity index (χ0n) is 10.1. The fraction of sp³-hybridized carbons (Fsp3) is 0.571. The molecule has 1 atom stereocenters. The Kier molecular flexibility index (Phi) is 3.36. The van der Waals surface area contributed by atoms with Crippen molar-refractivity contribution in [2.24, 2.45) is 0 Å². The molecule has 0 unspecified atom stereocenters. The smallest absolute Gasteiger partial charge is 0.0129 e. The van der Waals surface area contributed by atoms with Crippen LogP contribution in [-0.4, -0.2) is 0 Å². The topological polar surface area (TPSA) is 0 Å². The zero-order valence-corrected chi connectivity index (χ0v) is 10.1. The fourth-order valence-corrected chi connectivity index (χ4v) is 1.83. The number of rotatable bonds is 2. The van der Waals surface area contributed by atoms with Crippen LogP contribution in [0.5, 0.6) is 0 Å². The van der Waals surface area contributed by atoms with E-state index in [9.17, 15) is 0 Å². The number of benzene rings is 1. The SMILES string of the molecule is CC[C@H](C)c1ccccc1C(C)(C)C. The molecule has 0 aliphatic heterocycles. The van der Waals surface area contributed by atoms with Crippen LogP contribution in [0.1, 0.15) is 58.1 Å². The summed E-state index contributed by atoms with van der Waals surface area (Å²) in [5.74, 6) is 0.672. The highest BCUT2D eigenvalue weighted by Gasteiger charge is 2.19. The fourth-order valence-electron chi connectivity index (χ4n) is 1.83. The minimum absolute atomic E-state index is 0.264. The van der Waals surface area contributed by atoms with E-state index < -0.39 is 0 Å². The molecule has 14 heavy (non-hydrogen) atoms. The Morgan fingerprint density at radius 1 is 1.14 bits per heavy atom. The van der Waals surface area contributed by atoms with E-state index in [-0.39, 0.29) is 5.41 Å². The quantitative estimate of drug-likeness (QED) is 0.644. The van der Waals surface area contributed by atoms with Gasteiger partial charge in [0.05, 0.1) is 0 Å². The highest BCUT2D eigenvalue weighted by Crippen LogP contribution is 2.31. The molecule has 0 radical (unpaired) electrons. The van der Waals surface area contributed by atoms with Crippen LogP contribution in [-0.2, 0) is 5.41 Å². The van der Waals surface area contributed by atoms with Crippen LogP contribution in [0.15, 0.2) is 24.3 Å². The third kappa shape index (κ3) is 2.37. The van der Waals surface area contributed by atoms with Gasteiger partial charge in [-0.05, 0) is 28.9 Å². The van der Waals surface area contributed by atoms with E-state index in [0.29, 0.717) is 5.92 Å². The van der Waals surface area contributed by atoms with E-state index >= 15 is 0 Å². The lowest BCUT2D eigenvalue weighted by molar-refractivity contribution is 0.570. The largest absolute Gasteiger partial charge is 0.0648 e. The van der Waals surface area contributed by atoms with Gasteiger partial charge in [-0.3, -0.25) is 0 Å². The van der Waals surface area contributed by atoms with Crippen LogP contribution < -0.4 is 0 Å². The first-order chi connectivity index (χ1) is 6.46. The second-order valence-corrected chi connectivity index (χ2v) is 5.15. The van der Waals surface area contributed by atoms with Gasteiger partial charge >= 0.3 is 0 Å². The molecule has 0 fully saturated rings. The highest BCUT2D eigenvalue weighted by molar-refractivity contribution is 5.35. The Labute approximate surface area is 88.4 Å². The third-order valence-corrected chi connectivity index (χ3v) is 2.91. The molecule has 0 aromatic heterocycles. The van der Waals surface area contributed by atoms with Gasteiger partial charge in [-0.2, -0.15) is 0 Å². The average Bonchev–Trinajstić information content (AvgIpc) is 2.15. The molecule has 0 saturated carbocycles. The van der Waals surface area contributed by atoms with Crippen molar-refractivity contribution in [1.29, 1.82) is 0 Å². The lowest BCUT2D eigenvalue weighted by atomic mass is 9.80. The predicted octanol–water partition coefficient (Wildman–Crippen LogP) is 4.50. The van der Waals surface area contributed by atoms with Crippen molar-refractivity contribution in [2.75, 3.05) is 0 Å². The van der Waals surface area contributed by atoms with E-state index in [1.165, 1.54) is 17.5 Å². The lowest BCUT2D eigenvalue weighted by Gasteiger charge is -2.25. The molecule has 0 saturated heterocycles. The van der Waals surface area contributed by atoms with E-state index in [0.717, 1.165) is 0 Å². The van der Waals surface area contributed by atoms with Crippen molar-refractivity contribution < 1.29 is 0 Å². The molecule has 1 aromatic rings. The molecule has 1 rings (SSSR count). The van der Waals surface area contributed by atoms with E-state index in [1.807, 2.05) is 0 Å². The molecule has 0 bridgehead atoms. The van der Waals surface area contributed by atoms with Gasteiger partial charge in [0, 0.05) is 0 Å². The first kappa shape index (κ1) is 11.3. The van der Waals surface area contributed by atoms with Crippen molar-refractivity contribution in [1.82, 2.24) is 0 Å². The second kappa shape index (κ2) is 4.16. The summed E-state index contributed by atoms with van der Waals surface area (Å²) >= 11 is 0. The molecule has 0 spiro atoms. The Morgan fingerprint density at radius 3 is 2.21 bits per heavy atom. The zero-order chi connectivity index (χ0) is 10.8. The van der Waals surface area contributed by atoms with Gasteiger partial charge in [-0.25, -0.2) is 0 Å². The van der Waals surface area contributed by atoms with Crippen LogP contribution in [0.2, 0.25) is 0 Å². The van der Waals surface area contributed by atoms with Crippen molar-refractivity contribution in [3.05, 3.63) is 35.4 Å². The van der Waals surface area contributed by atoms with E-state index in [1.54, 1.807) is 0 Å². The minimum atomic E-state index is 0.264. The monoisotopic (exact) mass is 190 g/mol. The maximum Gasteiger partial charge on any atom is -0.0129 e. The van der Waals surface area contributed by atoms with Crippen molar-refractivity contribution in [3.63, 3.8) is 0 Å². The molecular formula is C14H22. The van der Waals surface area contributed by atoms with Crippen LogP contribution in [0.25, 0.3) is 0 Å². The molecule has 0 heterocycles. The normalized spacial score (nSPS) is 14.1. The van der Waals surface area contributed by atoms with Crippen molar-refractivity contribution in [3.8, 4) is 0 Å². The maximum atomic E-state index is 2.31. The predicted molar refractivity (Wildman–Crippen MR) is 63.8 cm³/mol. The van der Waals surface area contributed by atoms with Crippen molar-refractivity contribution in [2.45, 2.75) is 52.4 Å². The molecule has 1 aromatic carbocycles. The lowest BCUT2D eigenvalue weighted by Crippen LogP contribution is -2.15. The first-order valence-electron chi connectivity index (χ1n) is 5.56. The summed E-state index contributed by atoms with van der Waals surface area (Å²) in [7, 11) is 0. The molecule has 0 aliphatic rings. The molecule has 0 aliphatic carbocycles. The summed E-state index contributed by atoms with van der Waals surface area (Å²) in [6.07, 6.45) is 1.22. The summed E-state index contributed by atoms with van der Waals surface area (Å²) in [5, 5.41) is 0. The Bertz CT molecular complexity index is 291. The molecule has 0 N–H and O–H groups in total. The molecule has 78 valence electrons. The highest BCUT2D eigenvalue weighted by atomic mass is 14.2. The maximum absolute atomic E-state index is 2.31. The van der Waals surface area contributed by atoms with Crippen LogP contribution >= 0.6 is 0 Å². The summed E-state index contributed by atoms with van der Waals surface area (Å²) in [5.41, 5.74) is 3.27. The summed E-state index contributed by atoms with van der Waals surface area (Å²) in [4.78, 5) is 0. The van der Waals surface area contributed by atoms with Crippen LogP contribution in [0.3, 0.4) is 0 Å². The average molecular weight is 190 g/mol. The third-order valence-electron chi connectivity index (χ3n) is 2.91. The molecule has 0 heteroatoms. The Balaban J connectivity index is 3.16. The number of hydrogen-bond acceptors (Lipinski definition) is 0. The molecule has 0 nitrogen and oxygen atoms in total. The first-order valence-corrected chi connectivity index (χ1v) is 5.56. The van der Waals surface area contributed by atoms with E-state index in [4.69, 9.17) is 0 Å². The van der Waals surface area contributed by atoms with Crippen LogP contribution in [0, 0.1) is 0 Å².